The predicted molar refractivity (Wildman–Crippen MR) is 63.5 cm³/mol. The molecule has 1 aliphatic heterocycles. The highest BCUT2D eigenvalue weighted by molar-refractivity contribution is 5.30. The van der Waals surface area contributed by atoms with Crippen LogP contribution in [0.25, 0.3) is 0 Å². The molecule has 1 unspecified atom stereocenters. The van der Waals surface area contributed by atoms with E-state index < -0.39 is 0 Å². The van der Waals surface area contributed by atoms with Crippen LogP contribution in [0.2, 0.25) is 0 Å². The molecule has 0 amide bonds. The maximum absolute atomic E-state index is 9.58. The number of aromatic nitrogens is 2. The van der Waals surface area contributed by atoms with Gasteiger partial charge in [0.2, 0.25) is 5.95 Å². The number of nitrogens with zero attached hydrogens (tertiary/aromatic N) is 3. The molecule has 1 aliphatic rings. The normalized spacial score (nSPS) is 21.1. The third-order valence-corrected chi connectivity index (χ3v) is 2.91. The second-order valence-corrected chi connectivity index (χ2v) is 4.38. The minimum atomic E-state index is -0.229. The van der Waals surface area contributed by atoms with Crippen LogP contribution in [0.4, 0.5) is 5.95 Å². The monoisotopic (exact) mass is 221 g/mol. The molecule has 1 fully saturated rings. The minimum Gasteiger partial charge on any atom is -0.391 e. The average Bonchev–Trinajstić information content (AvgIpc) is 2.30. The Morgan fingerprint density at radius 1 is 1.44 bits per heavy atom. The highest BCUT2D eigenvalue weighted by atomic mass is 16.3. The lowest BCUT2D eigenvalue weighted by molar-refractivity contribution is 0.153. The van der Waals surface area contributed by atoms with E-state index in [1.807, 2.05) is 12.4 Å². The topological polar surface area (TPSA) is 49.2 Å². The van der Waals surface area contributed by atoms with E-state index in [0.717, 1.165) is 38.2 Å². The molecule has 0 aromatic carbocycles. The molecule has 4 heteroatoms. The number of piperidine rings is 1. The van der Waals surface area contributed by atoms with Gasteiger partial charge in [0.25, 0.3) is 0 Å². The summed E-state index contributed by atoms with van der Waals surface area (Å²) in [6, 6.07) is 0. The molecule has 4 nitrogen and oxygen atoms in total. The third-order valence-electron chi connectivity index (χ3n) is 2.91. The first-order valence-electron chi connectivity index (χ1n) is 6.03. The van der Waals surface area contributed by atoms with Crippen LogP contribution in [0.5, 0.6) is 0 Å². The number of hydrogen-bond donors (Lipinski definition) is 1. The molecule has 16 heavy (non-hydrogen) atoms. The standard InChI is InChI=1S/C12H19N3O/c1-2-4-10-7-13-12(14-8-10)15-6-3-5-11(16)9-15/h7-8,11,16H,2-6,9H2,1H3. The number of hydrogen-bond acceptors (Lipinski definition) is 4. The van der Waals surface area contributed by atoms with E-state index in [1.54, 1.807) is 0 Å². The van der Waals surface area contributed by atoms with Crippen molar-refractivity contribution in [2.75, 3.05) is 18.0 Å². The fraction of sp³-hybridized carbons (Fsp3) is 0.667. The Morgan fingerprint density at radius 3 is 2.81 bits per heavy atom. The molecule has 1 saturated heterocycles. The number of aryl methyl sites for hydroxylation is 1. The van der Waals surface area contributed by atoms with Gasteiger partial charge in [0.15, 0.2) is 0 Å². The first kappa shape index (κ1) is 11.3. The van der Waals surface area contributed by atoms with E-state index in [1.165, 1.54) is 5.56 Å². The first-order valence-corrected chi connectivity index (χ1v) is 6.03. The van der Waals surface area contributed by atoms with Crippen LogP contribution >= 0.6 is 0 Å². The van der Waals surface area contributed by atoms with Gasteiger partial charge in [0, 0.05) is 25.5 Å². The van der Waals surface area contributed by atoms with Gasteiger partial charge in [0.05, 0.1) is 6.10 Å². The van der Waals surface area contributed by atoms with E-state index >= 15 is 0 Å². The molecule has 2 rings (SSSR count). The van der Waals surface area contributed by atoms with Crippen LogP contribution in [0.1, 0.15) is 31.7 Å². The van der Waals surface area contributed by atoms with Gasteiger partial charge >= 0.3 is 0 Å². The van der Waals surface area contributed by atoms with Crippen LogP contribution in [0.3, 0.4) is 0 Å². The van der Waals surface area contributed by atoms with Gasteiger partial charge in [0.1, 0.15) is 0 Å². The van der Waals surface area contributed by atoms with E-state index in [0.29, 0.717) is 6.54 Å². The lowest BCUT2D eigenvalue weighted by atomic mass is 10.1. The van der Waals surface area contributed by atoms with Crippen LogP contribution in [-0.4, -0.2) is 34.3 Å². The molecule has 0 bridgehead atoms. The predicted octanol–water partition coefficient (Wildman–Crippen LogP) is 1.39. The van der Waals surface area contributed by atoms with E-state index in [9.17, 15) is 5.11 Å². The first-order chi connectivity index (χ1) is 7.79. The summed E-state index contributed by atoms with van der Waals surface area (Å²) in [7, 11) is 0. The zero-order valence-electron chi connectivity index (χ0n) is 9.76. The Balaban J connectivity index is 2.03. The largest absolute Gasteiger partial charge is 0.391 e. The number of β-amino-alcohol motifs (C(OH)–C–C–N with tert-alkyl or cyclic N) is 1. The Kier molecular flexibility index (Phi) is 3.72. The van der Waals surface area contributed by atoms with Crippen LogP contribution in [0, 0.1) is 0 Å². The number of anilines is 1. The Bertz CT molecular complexity index is 326. The lowest BCUT2D eigenvalue weighted by Crippen LogP contribution is -2.39. The van der Waals surface area contributed by atoms with E-state index in [-0.39, 0.29) is 6.10 Å². The molecule has 0 radical (unpaired) electrons. The third kappa shape index (κ3) is 2.70. The van der Waals surface area contributed by atoms with Crippen molar-refractivity contribution in [3.63, 3.8) is 0 Å². The van der Waals surface area contributed by atoms with Crippen molar-refractivity contribution in [3.8, 4) is 0 Å². The van der Waals surface area contributed by atoms with E-state index in [4.69, 9.17) is 0 Å². The van der Waals surface area contributed by atoms with Crippen LogP contribution < -0.4 is 4.90 Å². The average molecular weight is 221 g/mol. The van der Waals surface area contributed by atoms with Gasteiger partial charge in [-0.3, -0.25) is 0 Å². The number of aliphatic hydroxyl groups is 1. The van der Waals surface area contributed by atoms with Gasteiger partial charge in [-0.25, -0.2) is 9.97 Å². The second-order valence-electron chi connectivity index (χ2n) is 4.38. The summed E-state index contributed by atoms with van der Waals surface area (Å²) in [5.74, 6) is 0.749. The highest BCUT2D eigenvalue weighted by Gasteiger charge is 2.19. The van der Waals surface area contributed by atoms with Crippen LogP contribution in [-0.2, 0) is 6.42 Å². The van der Waals surface area contributed by atoms with Gasteiger partial charge in [-0.2, -0.15) is 0 Å². The lowest BCUT2D eigenvalue weighted by Gasteiger charge is -2.29. The quantitative estimate of drug-likeness (QED) is 0.838. The van der Waals surface area contributed by atoms with Crippen molar-refractivity contribution < 1.29 is 5.11 Å². The van der Waals surface area contributed by atoms with Crippen molar-refractivity contribution in [3.05, 3.63) is 18.0 Å². The molecule has 88 valence electrons. The molecule has 1 aromatic heterocycles. The summed E-state index contributed by atoms with van der Waals surface area (Å²) >= 11 is 0. The molecule has 2 heterocycles. The van der Waals surface area contributed by atoms with Crippen molar-refractivity contribution >= 4 is 5.95 Å². The minimum absolute atomic E-state index is 0.229. The van der Waals surface area contributed by atoms with Crippen LogP contribution in [0.15, 0.2) is 12.4 Å². The summed E-state index contributed by atoms with van der Waals surface area (Å²) in [5.41, 5.74) is 1.18. The summed E-state index contributed by atoms with van der Waals surface area (Å²) < 4.78 is 0. The molecule has 1 atom stereocenters. The summed E-state index contributed by atoms with van der Waals surface area (Å²) in [4.78, 5) is 10.8. The zero-order valence-corrected chi connectivity index (χ0v) is 9.76. The Labute approximate surface area is 96.3 Å². The van der Waals surface area contributed by atoms with E-state index in [2.05, 4.69) is 21.8 Å². The van der Waals surface area contributed by atoms with Gasteiger partial charge in [-0.15, -0.1) is 0 Å². The molecular formula is C12H19N3O. The Morgan fingerprint density at radius 2 is 2.19 bits per heavy atom. The summed E-state index contributed by atoms with van der Waals surface area (Å²) in [5, 5.41) is 9.58. The van der Waals surface area contributed by atoms with Crippen molar-refractivity contribution in [2.24, 2.45) is 0 Å². The summed E-state index contributed by atoms with van der Waals surface area (Å²) in [6.07, 6.45) is 7.62. The van der Waals surface area contributed by atoms with Gasteiger partial charge in [-0.05, 0) is 24.8 Å². The van der Waals surface area contributed by atoms with Gasteiger partial charge < -0.3 is 10.0 Å². The summed E-state index contributed by atoms with van der Waals surface area (Å²) in [6.45, 7) is 3.76. The number of aliphatic hydroxyl groups excluding tert-OH is 1. The van der Waals surface area contributed by atoms with Gasteiger partial charge in [-0.1, -0.05) is 13.3 Å². The van der Waals surface area contributed by atoms with Crippen molar-refractivity contribution in [1.82, 2.24) is 9.97 Å². The molecule has 0 aliphatic carbocycles. The molecule has 0 spiro atoms. The van der Waals surface area contributed by atoms with Crippen molar-refractivity contribution in [1.29, 1.82) is 0 Å². The highest BCUT2D eigenvalue weighted by Crippen LogP contribution is 2.15. The maximum atomic E-state index is 9.58. The van der Waals surface area contributed by atoms with Crippen molar-refractivity contribution in [2.45, 2.75) is 38.7 Å². The molecule has 0 saturated carbocycles. The zero-order chi connectivity index (χ0) is 11.4. The number of rotatable bonds is 3. The molecule has 1 N–H and O–H groups in total. The smallest absolute Gasteiger partial charge is 0.225 e. The molecule has 1 aromatic rings. The fourth-order valence-corrected chi connectivity index (χ4v) is 2.07. The Hall–Kier alpha value is -1.16. The second kappa shape index (κ2) is 5.25. The molecular weight excluding hydrogens is 202 g/mol. The maximum Gasteiger partial charge on any atom is 0.225 e. The SMILES string of the molecule is CCCc1cnc(N2CCCC(O)C2)nc1. The fourth-order valence-electron chi connectivity index (χ4n) is 2.07.